The van der Waals surface area contributed by atoms with Crippen LogP contribution in [0.3, 0.4) is 0 Å². The van der Waals surface area contributed by atoms with E-state index in [0.29, 0.717) is 5.75 Å². The Bertz CT molecular complexity index is 357. The van der Waals surface area contributed by atoms with Crippen molar-refractivity contribution in [2.45, 2.75) is 20.3 Å². The second-order valence-electron chi connectivity index (χ2n) is 3.36. The molecule has 1 aromatic carbocycles. The molecule has 0 heterocycles. The fourth-order valence-corrected chi connectivity index (χ4v) is 1.81. The maximum absolute atomic E-state index is 10.4. The highest BCUT2D eigenvalue weighted by molar-refractivity contribution is 7.74. The van der Waals surface area contributed by atoms with Crippen molar-refractivity contribution >= 4 is 17.0 Å². The van der Waals surface area contributed by atoms with Crippen LogP contribution < -0.4 is 9.08 Å². The van der Waals surface area contributed by atoms with Gasteiger partial charge in [-0.1, -0.05) is 13.0 Å². The summed E-state index contributed by atoms with van der Waals surface area (Å²) in [7, 11) is 0. The van der Waals surface area contributed by atoms with Gasteiger partial charge in [0.1, 0.15) is 17.1 Å². The number of rotatable bonds is 6. The predicted octanol–water partition coefficient (Wildman–Crippen LogP) is 2.10. The van der Waals surface area contributed by atoms with E-state index in [9.17, 15) is 8.76 Å². The van der Waals surface area contributed by atoms with Crippen LogP contribution in [0.2, 0.25) is 0 Å². The topological polar surface area (TPSA) is 52.6 Å². The van der Waals surface area contributed by atoms with Gasteiger partial charge in [0.05, 0.1) is 0 Å². The molecule has 16 heavy (non-hydrogen) atoms. The van der Waals surface area contributed by atoms with Crippen LogP contribution in [-0.4, -0.2) is 21.9 Å². The van der Waals surface area contributed by atoms with Gasteiger partial charge in [0, 0.05) is 24.8 Å². The molecule has 0 aliphatic heterocycles. The molecule has 0 aliphatic rings. The van der Waals surface area contributed by atoms with E-state index in [1.165, 1.54) is 0 Å². The summed E-state index contributed by atoms with van der Waals surface area (Å²) in [6.07, 6.45) is 1.05. The smallest absolute Gasteiger partial charge is 0.141 e. The van der Waals surface area contributed by atoms with Gasteiger partial charge < -0.3 is 13.6 Å². The van der Waals surface area contributed by atoms with E-state index in [1.807, 2.05) is 6.07 Å². The zero-order valence-corrected chi connectivity index (χ0v) is 10.3. The number of hydrogen-bond donors (Lipinski definition) is 0. The van der Waals surface area contributed by atoms with E-state index in [-0.39, 0.29) is 0 Å². The van der Waals surface area contributed by atoms with Crippen molar-refractivity contribution in [2.75, 3.05) is 18.0 Å². The summed E-state index contributed by atoms with van der Waals surface area (Å²) in [4.78, 5) is 2.17. The zero-order chi connectivity index (χ0) is 12.0. The van der Waals surface area contributed by atoms with Gasteiger partial charge in [-0.15, -0.1) is 0 Å². The van der Waals surface area contributed by atoms with Gasteiger partial charge in [-0.05, 0) is 25.5 Å². The molecule has 0 saturated heterocycles. The van der Waals surface area contributed by atoms with Crippen molar-refractivity contribution in [3.05, 3.63) is 24.3 Å². The van der Waals surface area contributed by atoms with Crippen molar-refractivity contribution < 1.29 is 12.9 Å². The molecule has 90 valence electrons. The largest absolute Gasteiger partial charge is 0.740 e. The van der Waals surface area contributed by atoms with E-state index >= 15 is 0 Å². The second kappa shape index (κ2) is 6.50. The van der Waals surface area contributed by atoms with Crippen LogP contribution in [-0.2, 0) is 11.4 Å². The molecule has 1 aromatic rings. The Morgan fingerprint density at radius 1 is 1.44 bits per heavy atom. The maximum Gasteiger partial charge on any atom is 0.141 e. The Hall–Kier alpha value is -1.07. The first-order chi connectivity index (χ1) is 7.67. The number of anilines is 1. The van der Waals surface area contributed by atoms with Gasteiger partial charge in [0.2, 0.25) is 0 Å². The molecule has 5 heteroatoms. The average molecular weight is 242 g/mol. The first kappa shape index (κ1) is 13.0. The standard InChI is InChI=1S/C11H17NO3S/c1-3-8-12(4-2)10-6-5-7-11(9-10)15-16(13)14/h5-7,9H,3-4,8H2,1-2H3,(H,13,14)/p-1. The molecule has 0 radical (unpaired) electrons. The van der Waals surface area contributed by atoms with Gasteiger partial charge in [-0.3, -0.25) is 0 Å². The van der Waals surface area contributed by atoms with Crippen molar-refractivity contribution in [1.29, 1.82) is 0 Å². The third kappa shape index (κ3) is 3.83. The lowest BCUT2D eigenvalue weighted by molar-refractivity contribution is 0.440. The predicted molar refractivity (Wildman–Crippen MR) is 64.2 cm³/mol. The molecule has 0 saturated carbocycles. The Morgan fingerprint density at radius 3 is 2.75 bits per heavy atom. The molecule has 0 fully saturated rings. The van der Waals surface area contributed by atoms with Crippen molar-refractivity contribution in [3.63, 3.8) is 0 Å². The molecule has 0 N–H and O–H groups in total. The van der Waals surface area contributed by atoms with Gasteiger partial charge >= 0.3 is 0 Å². The lowest BCUT2D eigenvalue weighted by Gasteiger charge is -2.22. The first-order valence-electron chi connectivity index (χ1n) is 5.30. The normalized spacial score (nSPS) is 12.2. The first-order valence-corrected chi connectivity index (χ1v) is 6.30. The summed E-state index contributed by atoms with van der Waals surface area (Å²) < 4.78 is 25.4. The Balaban J connectivity index is 2.83. The van der Waals surface area contributed by atoms with Crippen molar-refractivity contribution in [1.82, 2.24) is 0 Å². The summed E-state index contributed by atoms with van der Waals surface area (Å²) in [5.41, 5.74) is 0.979. The summed E-state index contributed by atoms with van der Waals surface area (Å²) in [5, 5.41) is 0. The van der Waals surface area contributed by atoms with Crippen LogP contribution in [0.25, 0.3) is 0 Å². The van der Waals surface area contributed by atoms with Crippen molar-refractivity contribution in [3.8, 4) is 5.75 Å². The van der Waals surface area contributed by atoms with Crippen LogP contribution in [0.4, 0.5) is 5.69 Å². The minimum Gasteiger partial charge on any atom is -0.740 e. The summed E-state index contributed by atoms with van der Waals surface area (Å²) in [5.74, 6) is 0.348. The molecule has 0 aliphatic carbocycles. The van der Waals surface area contributed by atoms with Gasteiger partial charge in [-0.2, -0.15) is 0 Å². The lowest BCUT2D eigenvalue weighted by atomic mass is 10.2. The molecule has 1 rings (SSSR count). The van der Waals surface area contributed by atoms with E-state index in [4.69, 9.17) is 0 Å². The van der Waals surface area contributed by atoms with Gasteiger partial charge in [-0.25, -0.2) is 4.21 Å². The molecule has 0 bridgehead atoms. The van der Waals surface area contributed by atoms with E-state index in [2.05, 4.69) is 22.9 Å². The third-order valence-electron chi connectivity index (χ3n) is 2.22. The molecular weight excluding hydrogens is 226 g/mol. The van der Waals surface area contributed by atoms with Crippen LogP contribution >= 0.6 is 0 Å². The molecular formula is C11H16NO3S-. The number of hydrogen-bond acceptors (Lipinski definition) is 4. The zero-order valence-electron chi connectivity index (χ0n) is 9.51. The molecule has 0 spiro atoms. The average Bonchev–Trinajstić information content (AvgIpc) is 2.25. The van der Waals surface area contributed by atoms with Crippen LogP contribution in [0.15, 0.2) is 24.3 Å². The van der Waals surface area contributed by atoms with Crippen molar-refractivity contribution in [2.24, 2.45) is 0 Å². The molecule has 4 nitrogen and oxygen atoms in total. The molecule has 0 aromatic heterocycles. The maximum atomic E-state index is 10.4. The molecule has 1 atom stereocenters. The fourth-order valence-electron chi connectivity index (χ4n) is 1.55. The van der Waals surface area contributed by atoms with E-state index in [1.54, 1.807) is 18.2 Å². The quantitative estimate of drug-likeness (QED) is 0.717. The van der Waals surface area contributed by atoms with E-state index in [0.717, 1.165) is 25.2 Å². The lowest BCUT2D eigenvalue weighted by Crippen LogP contribution is -2.23. The SMILES string of the molecule is CCCN(CC)c1cccc(OS(=O)[O-])c1. The summed E-state index contributed by atoms with van der Waals surface area (Å²) >= 11 is -2.51. The van der Waals surface area contributed by atoms with Crippen LogP contribution in [0, 0.1) is 0 Å². The van der Waals surface area contributed by atoms with E-state index < -0.39 is 11.4 Å². The Kier molecular flexibility index (Phi) is 5.28. The third-order valence-corrected chi connectivity index (χ3v) is 2.55. The van der Waals surface area contributed by atoms with Gasteiger partial charge in [0.15, 0.2) is 0 Å². The van der Waals surface area contributed by atoms with Gasteiger partial charge in [0.25, 0.3) is 0 Å². The second-order valence-corrected chi connectivity index (χ2v) is 3.94. The minimum atomic E-state index is -2.51. The fraction of sp³-hybridized carbons (Fsp3) is 0.455. The highest BCUT2D eigenvalue weighted by Gasteiger charge is 2.04. The Labute approximate surface area is 98.7 Å². The molecule has 1 unspecified atom stereocenters. The highest BCUT2D eigenvalue weighted by atomic mass is 32.2. The number of nitrogens with zero attached hydrogens (tertiary/aromatic N) is 1. The number of benzene rings is 1. The highest BCUT2D eigenvalue weighted by Crippen LogP contribution is 2.21. The Morgan fingerprint density at radius 2 is 2.19 bits per heavy atom. The monoisotopic (exact) mass is 242 g/mol. The van der Waals surface area contributed by atoms with Crippen LogP contribution in [0.5, 0.6) is 5.75 Å². The van der Waals surface area contributed by atoms with Crippen LogP contribution in [0.1, 0.15) is 20.3 Å². The minimum absolute atomic E-state index is 0.348. The summed E-state index contributed by atoms with van der Waals surface area (Å²) in [6, 6.07) is 7.09. The molecule has 0 amide bonds. The summed E-state index contributed by atoms with van der Waals surface area (Å²) in [6.45, 7) is 6.00.